The Balaban J connectivity index is 1.43. The van der Waals surface area contributed by atoms with Crippen LogP contribution < -0.4 is 15.4 Å². The molecule has 0 saturated heterocycles. The van der Waals surface area contributed by atoms with Crippen LogP contribution in [-0.4, -0.2) is 30.7 Å². The van der Waals surface area contributed by atoms with Crippen molar-refractivity contribution in [1.29, 1.82) is 0 Å². The lowest BCUT2D eigenvalue weighted by atomic mass is 10.1. The first kappa shape index (κ1) is 15.8. The summed E-state index contributed by atoms with van der Waals surface area (Å²) < 4.78 is 5.38. The highest BCUT2D eigenvalue weighted by Crippen LogP contribution is 2.44. The number of aryl methyl sites for hydroxylation is 1. The van der Waals surface area contributed by atoms with Crippen molar-refractivity contribution in [2.75, 3.05) is 13.7 Å². The van der Waals surface area contributed by atoms with Gasteiger partial charge in [-0.25, -0.2) is 9.78 Å². The first-order chi connectivity index (χ1) is 11.2. The maximum absolute atomic E-state index is 11.9. The summed E-state index contributed by atoms with van der Waals surface area (Å²) in [5.74, 6) is 1.24. The Kier molecular flexibility index (Phi) is 4.81. The van der Waals surface area contributed by atoms with Gasteiger partial charge in [-0.2, -0.15) is 0 Å². The fraction of sp³-hybridized carbons (Fsp3) is 0.412. The Morgan fingerprint density at radius 2 is 2.26 bits per heavy atom. The number of carbonyl (C=O) groups is 1. The third kappa shape index (κ3) is 4.01. The highest BCUT2D eigenvalue weighted by atomic mass is 32.1. The Labute approximate surface area is 140 Å². The zero-order chi connectivity index (χ0) is 16.2. The highest BCUT2D eigenvalue weighted by Gasteiger charge is 2.41. The van der Waals surface area contributed by atoms with Gasteiger partial charge in [-0.3, -0.25) is 0 Å². The zero-order valence-corrected chi connectivity index (χ0v) is 14.2. The largest absolute Gasteiger partial charge is 0.496 e. The smallest absolute Gasteiger partial charge is 0.315 e. The van der Waals surface area contributed by atoms with Crippen LogP contribution in [0.25, 0.3) is 0 Å². The van der Waals surface area contributed by atoms with E-state index in [-0.39, 0.29) is 12.1 Å². The van der Waals surface area contributed by atoms with E-state index >= 15 is 0 Å². The van der Waals surface area contributed by atoms with Crippen LogP contribution in [0.1, 0.15) is 28.6 Å². The molecule has 2 aromatic rings. The van der Waals surface area contributed by atoms with Crippen molar-refractivity contribution in [2.24, 2.45) is 0 Å². The number of thiazole rings is 1. The van der Waals surface area contributed by atoms with Crippen molar-refractivity contribution in [2.45, 2.75) is 31.7 Å². The van der Waals surface area contributed by atoms with E-state index in [9.17, 15) is 4.79 Å². The number of hydrogen-bond acceptors (Lipinski definition) is 4. The monoisotopic (exact) mass is 331 g/mol. The molecule has 0 radical (unpaired) electrons. The molecule has 0 unspecified atom stereocenters. The maximum atomic E-state index is 11.9. The van der Waals surface area contributed by atoms with Crippen LogP contribution in [0.15, 0.2) is 29.6 Å². The Bertz CT molecular complexity index is 686. The average molecular weight is 331 g/mol. The minimum atomic E-state index is -0.112. The summed E-state index contributed by atoms with van der Waals surface area (Å²) in [4.78, 5) is 16.3. The van der Waals surface area contributed by atoms with Crippen LogP contribution in [-0.2, 0) is 6.42 Å². The van der Waals surface area contributed by atoms with Crippen molar-refractivity contribution in [3.63, 3.8) is 0 Å². The van der Waals surface area contributed by atoms with Crippen molar-refractivity contribution < 1.29 is 9.53 Å². The number of benzene rings is 1. The van der Waals surface area contributed by atoms with Gasteiger partial charge in [-0.05, 0) is 25.0 Å². The number of aromatic nitrogens is 1. The number of ether oxygens (including phenoxy) is 1. The van der Waals surface area contributed by atoms with Gasteiger partial charge in [-0.1, -0.05) is 18.2 Å². The summed E-state index contributed by atoms with van der Waals surface area (Å²) in [7, 11) is 1.68. The second kappa shape index (κ2) is 7.00. The molecule has 1 saturated carbocycles. The molecular formula is C17H21N3O2S. The maximum Gasteiger partial charge on any atom is 0.315 e. The third-order valence-corrected chi connectivity index (χ3v) is 4.80. The van der Waals surface area contributed by atoms with E-state index in [2.05, 4.69) is 21.7 Å². The summed E-state index contributed by atoms with van der Waals surface area (Å²) in [6.07, 6.45) is 1.72. The van der Waals surface area contributed by atoms with Gasteiger partial charge in [0.15, 0.2) is 0 Å². The number of rotatable bonds is 6. The van der Waals surface area contributed by atoms with E-state index in [1.165, 1.54) is 5.56 Å². The normalized spacial score (nSPS) is 19.2. The van der Waals surface area contributed by atoms with Gasteiger partial charge in [-0.15, -0.1) is 11.3 Å². The Morgan fingerprint density at radius 3 is 3.00 bits per heavy atom. The molecule has 0 spiro atoms. The zero-order valence-electron chi connectivity index (χ0n) is 13.3. The summed E-state index contributed by atoms with van der Waals surface area (Å²) >= 11 is 1.63. The van der Waals surface area contributed by atoms with Gasteiger partial charge in [0.05, 0.1) is 17.8 Å². The Morgan fingerprint density at radius 1 is 1.43 bits per heavy atom. The van der Waals surface area contributed by atoms with Crippen molar-refractivity contribution >= 4 is 17.4 Å². The van der Waals surface area contributed by atoms with Crippen LogP contribution in [0.3, 0.4) is 0 Å². The molecule has 23 heavy (non-hydrogen) atoms. The van der Waals surface area contributed by atoms with Crippen molar-refractivity contribution in [3.05, 3.63) is 45.9 Å². The number of methoxy groups -OCH3 is 1. The molecule has 0 aliphatic heterocycles. The lowest BCUT2D eigenvalue weighted by Crippen LogP contribution is -2.38. The standard InChI is InChI=1S/C17H21N3O2S/c1-11-19-12(10-23-11)7-8-18-17(21)20-15-9-14(15)13-5-3-4-6-16(13)22-2/h3-6,10,14-15H,7-9H2,1-2H3,(H2,18,20,21)/t14-,15+/m0/s1. The molecule has 1 aliphatic carbocycles. The van der Waals surface area contributed by atoms with E-state index < -0.39 is 0 Å². The summed E-state index contributed by atoms with van der Waals surface area (Å²) in [5, 5.41) is 9.01. The Hall–Kier alpha value is -2.08. The minimum Gasteiger partial charge on any atom is -0.496 e. The number of carbonyl (C=O) groups excluding carboxylic acids is 1. The number of amides is 2. The van der Waals surface area contributed by atoms with Crippen LogP contribution >= 0.6 is 11.3 Å². The molecule has 0 bridgehead atoms. The second-order valence-corrected chi connectivity index (χ2v) is 6.76. The summed E-state index contributed by atoms with van der Waals surface area (Å²) in [6.45, 7) is 2.58. The molecule has 1 aliphatic rings. The van der Waals surface area contributed by atoms with Crippen LogP contribution in [0.5, 0.6) is 5.75 Å². The fourth-order valence-corrected chi connectivity index (χ4v) is 3.36. The predicted molar refractivity (Wildman–Crippen MR) is 91.2 cm³/mol. The van der Waals surface area contributed by atoms with Gasteiger partial charge < -0.3 is 15.4 Å². The molecule has 6 heteroatoms. The van der Waals surface area contributed by atoms with Gasteiger partial charge >= 0.3 is 6.03 Å². The van der Waals surface area contributed by atoms with Crippen molar-refractivity contribution in [1.82, 2.24) is 15.6 Å². The molecule has 1 heterocycles. The number of para-hydroxylation sites is 1. The molecule has 1 fully saturated rings. The van der Waals surface area contributed by atoms with Gasteiger partial charge in [0, 0.05) is 30.3 Å². The van der Waals surface area contributed by atoms with Crippen molar-refractivity contribution in [3.8, 4) is 5.75 Å². The number of nitrogens with zero attached hydrogens (tertiary/aromatic N) is 1. The minimum absolute atomic E-state index is 0.112. The molecular weight excluding hydrogens is 310 g/mol. The first-order valence-corrected chi connectivity index (χ1v) is 8.63. The van der Waals surface area contributed by atoms with E-state index in [1.807, 2.05) is 30.5 Å². The molecule has 3 rings (SSSR count). The van der Waals surface area contributed by atoms with E-state index in [4.69, 9.17) is 4.74 Å². The van der Waals surface area contributed by atoms with Crippen LogP contribution in [0.2, 0.25) is 0 Å². The summed E-state index contributed by atoms with van der Waals surface area (Å²) in [5.41, 5.74) is 2.20. The molecule has 122 valence electrons. The lowest BCUT2D eigenvalue weighted by Gasteiger charge is -2.09. The number of hydrogen-bond donors (Lipinski definition) is 2. The quantitative estimate of drug-likeness (QED) is 0.855. The van der Waals surface area contributed by atoms with Gasteiger partial charge in [0.25, 0.3) is 0 Å². The van der Waals surface area contributed by atoms with Gasteiger partial charge in [0.1, 0.15) is 5.75 Å². The molecule has 2 N–H and O–H groups in total. The van der Waals surface area contributed by atoms with E-state index in [1.54, 1.807) is 18.4 Å². The fourth-order valence-electron chi connectivity index (χ4n) is 2.72. The van der Waals surface area contributed by atoms with E-state index in [0.717, 1.165) is 29.3 Å². The molecule has 2 amide bonds. The molecule has 2 atom stereocenters. The number of urea groups is 1. The lowest BCUT2D eigenvalue weighted by molar-refractivity contribution is 0.240. The summed E-state index contributed by atoms with van der Waals surface area (Å²) in [6, 6.07) is 8.06. The third-order valence-electron chi connectivity index (χ3n) is 3.98. The van der Waals surface area contributed by atoms with E-state index in [0.29, 0.717) is 12.5 Å². The second-order valence-electron chi connectivity index (χ2n) is 5.70. The van der Waals surface area contributed by atoms with Gasteiger partial charge in [0.2, 0.25) is 0 Å². The SMILES string of the molecule is COc1ccccc1[C@@H]1C[C@H]1NC(=O)NCCc1csc(C)n1. The topological polar surface area (TPSA) is 63.2 Å². The molecule has 1 aromatic heterocycles. The number of nitrogens with one attached hydrogen (secondary N) is 2. The molecule has 5 nitrogen and oxygen atoms in total. The predicted octanol–water partition coefficient (Wildman–Crippen LogP) is 2.86. The first-order valence-electron chi connectivity index (χ1n) is 7.75. The van der Waals surface area contributed by atoms with Crippen LogP contribution in [0, 0.1) is 6.92 Å². The molecule has 1 aromatic carbocycles. The highest BCUT2D eigenvalue weighted by molar-refractivity contribution is 7.09. The van der Waals surface area contributed by atoms with Crippen LogP contribution in [0.4, 0.5) is 4.79 Å². The average Bonchev–Trinajstić information content (AvgIpc) is 3.18.